The van der Waals surface area contributed by atoms with Crippen LogP contribution < -0.4 is 4.90 Å². The molecule has 0 aliphatic carbocycles. The van der Waals surface area contributed by atoms with Crippen LogP contribution in [0.1, 0.15) is 16.1 Å². The van der Waals surface area contributed by atoms with Crippen LogP contribution in [0.4, 0.5) is 11.4 Å². The monoisotopic (exact) mass is 411 g/mol. The molecule has 31 heavy (non-hydrogen) atoms. The van der Waals surface area contributed by atoms with Gasteiger partial charge in [-0.3, -0.25) is 4.79 Å². The molecule has 0 radical (unpaired) electrons. The highest BCUT2D eigenvalue weighted by atomic mass is 16.2. The van der Waals surface area contributed by atoms with Crippen molar-refractivity contribution in [3.63, 3.8) is 0 Å². The quantitative estimate of drug-likeness (QED) is 0.661. The van der Waals surface area contributed by atoms with Crippen LogP contribution in [0.2, 0.25) is 0 Å². The molecule has 6 heteroatoms. The van der Waals surface area contributed by atoms with Crippen molar-refractivity contribution in [2.45, 2.75) is 6.54 Å². The van der Waals surface area contributed by atoms with E-state index >= 15 is 0 Å². The van der Waals surface area contributed by atoms with E-state index in [9.17, 15) is 4.79 Å². The summed E-state index contributed by atoms with van der Waals surface area (Å²) in [5.74, 6) is 0.866. The molecule has 1 saturated heterocycles. The number of fused-ring (bicyclic) bond motifs is 1. The van der Waals surface area contributed by atoms with Gasteiger partial charge in [-0.15, -0.1) is 0 Å². The first-order chi connectivity index (χ1) is 15.3. The first kappa shape index (κ1) is 19.3. The van der Waals surface area contributed by atoms with Crippen molar-refractivity contribution in [2.24, 2.45) is 4.99 Å². The third kappa shape index (κ3) is 4.14. The fourth-order valence-electron chi connectivity index (χ4n) is 4.18. The second-order valence-corrected chi connectivity index (χ2v) is 7.86. The number of anilines is 1. The number of amides is 1. The Morgan fingerprint density at radius 1 is 0.774 bits per heavy atom. The molecular formula is C25H25N5O. The molecule has 0 unspecified atom stereocenters. The first-order valence-corrected chi connectivity index (χ1v) is 10.7. The normalized spacial score (nSPS) is 16.6. The Labute approximate surface area is 182 Å². The molecule has 5 rings (SSSR count). The largest absolute Gasteiger partial charge is 0.368 e. The fraction of sp³-hybridized carbons (Fsp3) is 0.240. The van der Waals surface area contributed by atoms with Crippen molar-refractivity contribution in [3.05, 3.63) is 90.3 Å². The molecule has 156 valence electrons. The van der Waals surface area contributed by atoms with Crippen LogP contribution in [0.5, 0.6) is 0 Å². The van der Waals surface area contributed by atoms with Crippen LogP contribution in [-0.4, -0.2) is 59.3 Å². The Hall–Kier alpha value is -3.67. The molecule has 1 amide bonds. The molecule has 1 aromatic heterocycles. The highest BCUT2D eigenvalue weighted by molar-refractivity contribution is 6.03. The summed E-state index contributed by atoms with van der Waals surface area (Å²) in [5, 5.41) is 0. The Morgan fingerprint density at radius 3 is 2.19 bits per heavy atom. The zero-order valence-corrected chi connectivity index (χ0v) is 17.4. The van der Waals surface area contributed by atoms with Crippen LogP contribution in [0.15, 0.2) is 84.0 Å². The predicted octanol–water partition coefficient (Wildman–Crippen LogP) is 3.59. The number of benzene rings is 2. The number of hydrogen-bond donors (Lipinski definition) is 0. The van der Waals surface area contributed by atoms with Crippen molar-refractivity contribution in [1.29, 1.82) is 0 Å². The molecule has 2 aromatic carbocycles. The van der Waals surface area contributed by atoms with Crippen molar-refractivity contribution < 1.29 is 4.79 Å². The molecule has 3 heterocycles. The maximum atomic E-state index is 13.3. The Kier molecular flexibility index (Phi) is 5.35. The van der Waals surface area contributed by atoms with Gasteiger partial charge in [0.2, 0.25) is 0 Å². The zero-order valence-electron chi connectivity index (χ0n) is 17.4. The molecule has 2 aliphatic rings. The zero-order chi connectivity index (χ0) is 21.0. The number of carbonyl (C=O) groups is 1. The topological polar surface area (TPSA) is 52.0 Å². The Bertz CT molecular complexity index is 1080. The molecule has 3 aromatic rings. The van der Waals surface area contributed by atoms with E-state index in [2.05, 4.69) is 39.0 Å². The molecule has 2 aliphatic heterocycles. The van der Waals surface area contributed by atoms with Gasteiger partial charge in [0.15, 0.2) is 5.69 Å². The minimum Gasteiger partial charge on any atom is -0.368 e. The third-order valence-electron chi connectivity index (χ3n) is 5.84. The van der Waals surface area contributed by atoms with E-state index in [1.54, 1.807) is 6.20 Å². The van der Waals surface area contributed by atoms with Gasteiger partial charge in [0.1, 0.15) is 5.84 Å². The van der Waals surface area contributed by atoms with E-state index < -0.39 is 0 Å². The lowest BCUT2D eigenvalue weighted by molar-refractivity contribution is 0.0761. The number of aromatic nitrogens is 1. The molecule has 6 nitrogen and oxygen atoms in total. The van der Waals surface area contributed by atoms with E-state index in [0.29, 0.717) is 24.5 Å². The van der Waals surface area contributed by atoms with Gasteiger partial charge in [-0.25, -0.2) is 9.98 Å². The van der Waals surface area contributed by atoms with Gasteiger partial charge in [-0.1, -0.05) is 48.5 Å². The minimum atomic E-state index is -0.0684. The standard InChI is InChI=1S/C25H25N5O/c31-25-24-22(12-7-13-26-24)27-23(19-30(25)18-20-8-3-1-4-9-20)29-16-14-28(15-17-29)21-10-5-2-6-11-21/h1-13H,14-19H2. The maximum absolute atomic E-state index is 13.3. The number of piperazine rings is 1. The van der Waals surface area contributed by atoms with Crippen LogP contribution in [0.3, 0.4) is 0 Å². The number of pyridine rings is 1. The van der Waals surface area contributed by atoms with Gasteiger partial charge in [0.05, 0.1) is 12.2 Å². The Balaban J connectivity index is 1.39. The number of para-hydroxylation sites is 1. The summed E-state index contributed by atoms with van der Waals surface area (Å²) in [6, 6.07) is 24.3. The molecule has 0 bridgehead atoms. The predicted molar refractivity (Wildman–Crippen MR) is 123 cm³/mol. The second-order valence-electron chi connectivity index (χ2n) is 7.86. The lowest BCUT2D eigenvalue weighted by Crippen LogP contribution is -2.51. The van der Waals surface area contributed by atoms with E-state index in [1.165, 1.54) is 5.69 Å². The SMILES string of the molecule is O=C1c2ncccc2N=C(N2CCN(c3ccccc3)CC2)CN1Cc1ccccc1. The van der Waals surface area contributed by atoms with E-state index in [1.807, 2.05) is 53.4 Å². The molecule has 0 N–H and O–H groups in total. The van der Waals surface area contributed by atoms with E-state index in [-0.39, 0.29) is 5.91 Å². The molecule has 0 atom stereocenters. The van der Waals surface area contributed by atoms with Gasteiger partial charge in [0, 0.05) is 44.6 Å². The average molecular weight is 412 g/mol. The maximum Gasteiger partial charge on any atom is 0.275 e. The summed E-state index contributed by atoms with van der Waals surface area (Å²) in [5.41, 5.74) is 3.43. The first-order valence-electron chi connectivity index (χ1n) is 10.7. The van der Waals surface area contributed by atoms with Crippen LogP contribution in [-0.2, 0) is 6.54 Å². The van der Waals surface area contributed by atoms with Crippen LogP contribution >= 0.6 is 0 Å². The molecular weight excluding hydrogens is 386 g/mol. The van der Waals surface area contributed by atoms with Gasteiger partial charge < -0.3 is 14.7 Å². The number of nitrogens with zero attached hydrogens (tertiary/aromatic N) is 5. The number of hydrogen-bond acceptors (Lipinski definition) is 5. The summed E-state index contributed by atoms with van der Waals surface area (Å²) in [6.07, 6.45) is 1.66. The number of amidine groups is 1. The highest BCUT2D eigenvalue weighted by Crippen LogP contribution is 2.25. The van der Waals surface area contributed by atoms with Crippen molar-refractivity contribution in [3.8, 4) is 0 Å². The van der Waals surface area contributed by atoms with Crippen LogP contribution in [0.25, 0.3) is 0 Å². The molecule has 1 fully saturated rings. The van der Waals surface area contributed by atoms with Crippen molar-refractivity contribution in [2.75, 3.05) is 37.6 Å². The lowest BCUT2D eigenvalue weighted by atomic mass is 10.2. The number of carbonyl (C=O) groups excluding carboxylic acids is 1. The van der Waals surface area contributed by atoms with E-state index in [0.717, 1.165) is 37.6 Å². The minimum absolute atomic E-state index is 0.0684. The van der Waals surface area contributed by atoms with Gasteiger partial charge in [-0.05, 0) is 29.8 Å². The van der Waals surface area contributed by atoms with Gasteiger partial charge in [-0.2, -0.15) is 0 Å². The number of rotatable bonds is 3. The van der Waals surface area contributed by atoms with Crippen LogP contribution in [0, 0.1) is 0 Å². The molecule has 0 saturated carbocycles. The Morgan fingerprint density at radius 2 is 1.45 bits per heavy atom. The third-order valence-corrected chi connectivity index (χ3v) is 5.84. The summed E-state index contributed by atoms with van der Waals surface area (Å²) < 4.78 is 0. The molecule has 0 spiro atoms. The second kappa shape index (κ2) is 8.60. The van der Waals surface area contributed by atoms with Gasteiger partial charge >= 0.3 is 0 Å². The number of aliphatic imine (C=N–C) groups is 1. The van der Waals surface area contributed by atoms with Crippen molar-refractivity contribution >= 4 is 23.1 Å². The fourth-order valence-corrected chi connectivity index (χ4v) is 4.18. The summed E-state index contributed by atoms with van der Waals surface area (Å²) in [6.45, 7) is 4.62. The average Bonchev–Trinajstić information content (AvgIpc) is 2.97. The van der Waals surface area contributed by atoms with Crippen molar-refractivity contribution in [1.82, 2.24) is 14.8 Å². The van der Waals surface area contributed by atoms with Gasteiger partial charge in [0.25, 0.3) is 5.91 Å². The lowest BCUT2D eigenvalue weighted by Gasteiger charge is -2.38. The summed E-state index contributed by atoms with van der Waals surface area (Å²) >= 11 is 0. The highest BCUT2D eigenvalue weighted by Gasteiger charge is 2.29. The summed E-state index contributed by atoms with van der Waals surface area (Å²) in [4.78, 5) is 29.1. The smallest absolute Gasteiger partial charge is 0.275 e. The summed E-state index contributed by atoms with van der Waals surface area (Å²) in [7, 11) is 0. The van der Waals surface area contributed by atoms with E-state index in [4.69, 9.17) is 4.99 Å².